The second kappa shape index (κ2) is 6.95. The van der Waals surface area contributed by atoms with Crippen LogP contribution in [0.5, 0.6) is 0 Å². The van der Waals surface area contributed by atoms with E-state index in [9.17, 15) is 0 Å². The highest BCUT2D eigenvalue weighted by Gasteiger charge is 2.30. The number of aliphatic imine (C=N–C) groups is 2. The van der Waals surface area contributed by atoms with E-state index in [1.54, 1.807) is 0 Å². The van der Waals surface area contributed by atoms with Gasteiger partial charge in [-0.25, -0.2) is 0 Å². The maximum atomic E-state index is 5.05. The summed E-state index contributed by atoms with van der Waals surface area (Å²) >= 11 is 0. The maximum absolute atomic E-state index is 5.05. The van der Waals surface area contributed by atoms with Gasteiger partial charge in [-0.2, -0.15) is 0 Å². The van der Waals surface area contributed by atoms with Crippen LogP contribution in [0.1, 0.15) is 59.9 Å². The van der Waals surface area contributed by atoms with Crippen LogP contribution in [-0.4, -0.2) is 17.5 Å². The first-order chi connectivity index (χ1) is 12.0. The fourth-order valence-corrected chi connectivity index (χ4v) is 4.19. The number of benzene rings is 1. The Bertz CT molecular complexity index is 845. The van der Waals surface area contributed by atoms with Crippen molar-refractivity contribution in [3.63, 3.8) is 0 Å². The Hall–Kier alpha value is -2.22. The van der Waals surface area contributed by atoms with E-state index < -0.39 is 0 Å². The zero-order valence-electron chi connectivity index (χ0n) is 16.3. The molecule has 0 spiro atoms. The molecule has 1 atom stereocenters. The van der Waals surface area contributed by atoms with Gasteiger partial charge >= 0.3 is 0 Å². The lowest BCUT2D eigenvalue weighted by molar-refractivity contribution is 0.968. The van der Waals surface area contributed by atoms with Gasteiger partial charge in [0.1, 0.15) is 0 Å². The van der Waals surface area contributed by atoms with Gasteiger partial charge in [0, 0.05) is 17.0 Å². The van der Waals surface area contributed by atoms with Crippen molar-refractivity contribution in [2.24, 2.45) is 9.98 Å². The van der Waals surface area contributed by atoms with Gasteiger partial charge < -0.3 is 0 Å². The lowest BCUT2D eigenvalue weighted by atomic mass is 9.89. The molecule has 0 saturated carbocycles. The lowest BCUT2D eigenvalue weighted by Gasteiger charge is -2.18. The van der Waals surface area contributed by atoms with Gasteiger partial charge in [0.2, 0.25) is 0 Å². The van der Waals surface area contributed by atoms with Gasteiger partial charge in [-0.1, -0.05) is 44.2 Å². The summed E-state index contributed by atoms with van der Waals surface area (Å²) in [6, 6.07) is 10.7. The molecule has 3 rings (SSSR count). The molecule has 0 bridgehead atoms. The molecule has 1 aromatic carbocycles. The quantitative estimate of drug-likeness (QED) is 0.630. The zero-order valence-corrected chi connectivity index (χ0v) is 16.3. The molecule has 130 valence electrons. The highest BCUT2D eigenvalue weighted by molar-refractivity contribution is 6.06. The van der Waals surface area contributed by atoms with Gasteiger partial charge in [-0.15, -0.1) is 0 Å². The summed E-state index contributed by atoms with van der Waals surface area (Å²) in [5.74, 6) is 0. The summed E-state index contributed by atoms with van der Waals surface area (Å²) in [7, 11) is 0. The number of hydrogen-bond acceptors (Lipinski definition) is 2. The Kier molecular flexibility index (Phi) is 4.89. The first-order valence-electron chi connectivity index (χ1n) is 9.29. The minimum absolute atomic E-state index is 0.0788. The van der Waals surface area contributed by atoms with Crippen molar-refractivity contribution >= 4 is 17.0 Å². The fraction of sp³-hybridized carbons (Fsp3) is 0.391. The van der Waals surface area contributed by atoms with Crippen molar-refractivity contribution in [1.29, 1.82) is 0 Å². The number of hydrogen-bond donors (Lipinski definition) is 0. The zero-order chi connectivity index (χ0) is 18.1. The summed E-state index contributed by atoms with van der Waals surface area (Å²) < 4.78 is 0. The summed E-state index contributed by atoms with van der Waals surface area (Å²) in [5, 5.41) is 0. The van der Waals surface area contributed by atoms with Crippen LogP contribution in [0.2, 0.25) is 0 Å². The van der Waals surface area contributed by atoms with Crippen molar-refractivity contribution in [3.05, 3.63) is 63.9 Å². The van der Waals surface area contributed by atoms with Crippen LogP contribution in [0.4, 0.5) is 0 Å². The Morgan fingerprint density at radius 1 is 0.880 bits per heavy atom. The second-order valence-corrected chi connectivity index (χ2v) is 6.91. The van der Waals surface area contributed by atoms with Gasteiger partial charge in [0.15, 0.2) is 0 Å². The van der Waals surface area contributed by atoms with Crippen molar-refractivity contribution in [2.45, 2.75) is 60.4 Å². The summed E-state index contributed by atoms with van der Waals surface area (Å²) in [4.78, 5) is 10.0. The van der Waals surface area contributed by atoms with Gasteiger partial charge in [0.25, 0.3) is 0 Å². The van der Waals surface area contributed by atoms with Gasteiger partial charge in [-0.05, 0) is 68.4 Å². The molecular weight excluding hydrogens is 304 g/mol. The van der Waals surface area contributed by atoms with E-state index in [0.717, 1.165) is 24.3 Å². The summed E-state index contributed by atoms with van der Waals surface area (Å²) in [5.41, 5.74) is 11.4. The molecule has 1 aromatic rings. The van der Waals surface area contributed by atoms with Crippen molar-refractivity contribution in [2.75, 3.05) is 0 Å². The molecule has 1 unspecified atom stereocenters. The first-order valence-corrected chi connectivity index (χ1v) is 9.29. The third-order valence-corrected chi connectivity index (χ3v) is 5.49. The van der Waals surface area contributed by atoms with Crippen LogP contribution in [0.25, 0.3) is 5.57 Å². The molecule has 0 aliphatic carbocycles. The van der Waals surface area contributed by atoms with E-state index in [1.165, 1.54) is 39.1 Å². The second-order valence-electron chi connectivity index (χ2n) is 6.91. The lowest BCUT2D eigenvalue weighted by Crippen LogP contribution is -2.10. The molecule has 2 nitrogen and oxygen atoms in total. The highest BCUT2D eigenvalue weighted by Crippen LogP contribution is 2.40. The van der Waals surface area contributed by atoms with Crippen molar-refractivity contribution < 1.29 is 0 Å². The summed E-state index contributed by atoms with van der Waals surface area (Å²) in [6.45, 7) is 13.1. The van der Waals surface area contributed by atoms with E-state index in [0.29, 0.717) is 0 Å². The minimum Gasteiger partial charge on any atom is -0.277 e. The molecule has 2 heteroatoms. The largest absolute Gasteiger partial charge is 0.277 e. The van der Waals surface area contributed by atoms with Crippen molar-refractivity contribution in [3.8, 4) is 0 Å². The van der Waals surface area contributed by atoms with E-state index in [2.05, 4.69) is 71.9 Å². The molecular formula is C23H28N2. The van der Waals surface area contributed by atoms with Crippen LogP contribution >= 0.6 is 0 Å². The summed E-state index contributed by atoms with van der Waals surface area (Å²) in [6.07, 6.45) is 2.06. The molecule has 0 saturated heterocycles. The Labute approximate surface area is 151 Å². The first kappa shape index (κ1) is 17.6. The average Bonchev–Trinajstić information content (AvgIpc) is 3.05. The third-order valence-electron chi connectivity index (χ3n) is 5.49. The minimum atomic E-state index is 0.0788. The van der Waals surface area contributed by atoms with E-state index in [-0.39, 0.29) is 6.04 Å². The molecule has 0 radical (unpaired) electrons. The molecule has 0 amide bonds. The smallest absolute Gasteiger partial charge is 0.0993 e. The molecule has 0 aromatic heterocycles. The fourth-order valence-electron chi connectivity index (χ4n) is 4.19. The van der Waals surface area contributed by atoms with Crippen LogP contribution < -0.4 is 0 Å². The third kappa shape index (κ3) is 2.95. The number of allylic oxidation sites excluding steroid dienone is 3. The predicted molar refractivity (Wildman–Crippen MR) is 109 cm³/mol. The molecule has 0 fully saturated rings. The Balaban J connectivity index is 2.27. The maximum Gasteiger partial charge on any atom is 0.0993 e. The standard InChI is InChI=1S/C23H28N2/c1-7-19-14(3)22(24-16(19)5)21(18-12-10-9-11-13-18)23-15(4)20(8-2)17(6)25-23/h9-13,22H,7-8H2,1-6H3/b23-21+. The van der Waals surface area contributed by atoms with E-state index in [4.69, 9.17) is 9.98 Å². The average molecular weight is 332 g/mol. The SMILES string of the molecule is CCC1=C(C)/C(=C(/c2ccccc2)C2N=C(C)C(CC)=C2C)N=C1C. The van der Waals surface area contributed by atoms with Gasteiger partial charge in [-0.3, -0.25) is 9.98 Å². The van der Waals surface area contributed by atoms with Crippen LogP contribution in [0.3, 0.4) is 0 Å². The Morgan fingerprint density at radius 3 is 2.04 bits per heavy atom. The van der Waals surface area contributed by atoms with Crippen LogP contribution in [0.15, 0.2) is 68.3 Å². The monoisotopic (exact) mass is 332 g/mol. The topological polar surface area (TPSA) is 24.7 Å². The Morgan fingerprint density at radius 2 is 1.52 bits per heavy atom. The van der Waals surface area contributed by atoms with E-state index >= 15 is 0 Å². The van der Waals surface area contributed by atoms with Gasteiger partial charge in [0.05, 0.1) is 11.7 Å². The predicted octanol–water partition coefficient (Wildman–Crippen LogP) is 6.17. The number of rotatable bonds is 4. The molecule has 2 heterocycles. The number of nitrogens with zero attached hydrogens (tertiary/aromatic N) is 2. The van der Waals surface area contributed by atoms with Crippen LogP contribution in [0, 0.1) is 0 Å². The molecule has 25 heavy (non-hydrogen) atoms. The van der Waals surface area contributed by atoms with Crippen LogP contribution in [-0.2, 0) is 0 Å². The molecule has 2 aliphatic rings. The molecule has 2 aliphatic heterocycles. The van der Waals surface area contributed by atoms with Crippen molar-refractivity contribution in [1.82, 2.24) is 0 Å². The van der Waals surface area contributed by atoms with E-state index in [1.807, 2.05) is 0 Å². The highest BCUT2D eigenvalue weighted by atomic mass is 14.9. The normalized spacial score (nSPS) is 22.6. The molecule has 0 N–H and O–H groups in total.